The van der Waals surface area contributed by atoms with Gasteiger partial charge in [0.05, 0.1) is 12.5 Å². The standard InChI is InChI=1S/C19H35N5O6S/c1-9(2)5-11(20)16(26)24-14(8-31)18(28)22-12(7-15(21)25)17(27)23-13(19(29)30)6-10(3)4/h9-14,31H,5-8,20H2,1-4H3,(H2,21,25)(H,22,28)(H,23,27)(H,24,26)(H,29,30). The van der Waals surface area contributed by atoms with E-state index in [1.807, 2.05) is 13.8 Å². The van der Waals surface area contributed by atoms with Crippen LogP contribution in [0.25, 0.3) is 0 Å². The summed E-state index contributed by atoms with van der Waals surface area (Å²) in [5, 5.41) is 16.4. The van der Waals surface area contributed by atoms with Gasteiger partial charge in [-0.3, -0.25) is 19.2 Å². The van der Waals surface area contributed by atoms with Crippen molar-refractivity contribution >= 4 is 42.2 Å². The van der Waals surface area contributed by atoms with Gasteiger partial charge in [0, 0.05) is 5.75 Å². The van der Waals surface area contributed by atoms with Crippen molar-refractivity contribution in [2.75, 3.05) is 5.75 Å². The Kier molecular flexibility index (Phi) is 12.8. The average molecular weight is 462 g/mol. The van der Waals surface area contributed by atoms with E-state index in [0.717, 1.165) is 0 Å². The Morgan fingerprint density at radius 1 is 0.806 bits per heavy atom. The molecule has 0 aromatic rings. The third-order valence-corrected chi connectivity index (χ3v) is 4.60. The van der Waals surface area contributed by atoms with Crippen LogP contribution in [0.4, 0.5) is 0 Å². The molecule has 0 aliphatic rings. The van der Waals surface area contributed by atoms with Crippen LogP contribution in [0.15, 0.2) is 0 Å². The minimum absolute atomic E-state index is 0.0237. The summed E-state index contributed by atoms with van der Waals surface area (Å²) >= 11 is 4.05. The Bertz CT molecular complexity index is 658. The average Bonchev–Trinajstić information content (AvgIpc) is 2.62. The molecule has 8 N–H and O–H groups in total. The van der Waals surface area contributed by atoms with E-state index in [4.69, 9.17) is 11.5 Å². The van der Waals surface area contributed by atoms with Gasteiger partial charge in [0.2, 0.25) is 23.6 Å². The van der Waals surface area contributed by atoms with E-state index in [9.17, 15) is 29.1 Å². The van der Waals surface area contributed by atoms with Crippen LogP contribution in [0.3, 0.4) is 0 Å². The number of aliphatic carboxylic acids is 1. The molecule has 0 heterocycles. The number of amides is 4. The van der Waals surface area contributed by atoms with Crippen LogP contribution in [0.2, 0.25) is 0 Å². The van der Waals surface area contributed by atoms with E-state index >= 15 is 0 Å². The number of nitrogens with two attached hydrogens (primary N) is 2. The lowest BCUT2D eigenvalue weighted by atomic mass is 10.0. The molecule has 0 aromatic heterocycles. The number of carboxylic acid groups (broad SMARTS) is 1. The number of carboxylic acids is 1. The van der Waals surface area contributed by atoms with Gasteiger partial charge in [-0.25, -0.2) is 4.79 Å². The lowest BCUT2D eigenvalue weighted by molar-refractivity contribution is -0.143. The lowest BCUT2D eigenvalue weighted by Gasteiger charge is -2.24. The minimum Gasteiger partial charge on any atom is -0.480 e. The number of nitrogens with one attached hydrogen (secondary N) is 3. The van der Waals surface area contributed by atoms with Crippen molar-refractivity contribution in [2.45, 2.75) is 71.1 Å². The Morgan fingerprint density at radius 3 is 1.68 bits per heavy atom. The molecule has 0 aromatic carbocycles. The maximum atomic E-state index is 12.6. The number of rotatable bonds is 14. The molecular formula is C19H35N5O6S. The predicted octanol–water partition coefficient (Wildman–Crippen LogP) is -1.25. The van der Waals surface area contributed by atoms with Gasteiger partial charge < -0.3 is 32.5 Å². The van der Waals surface area contributed by atoms with Crippen LogP contribution >= 0.6 is 12.6 Å². The Hall–Kier alpha value is -2.34. The lowest BCUT2D eigenvalue weighted by Crippen LogP contribution is -2.58. The first kappa shape index (κ1) is 28.7. The number of hydrogen-bond donors (Lipinski definition) is 7. The second-order valence-electron chi connectivity index (χ2n) is 8.24. The van der Waals surface area contributed by atoms with Gasteiger partial charge >= 0.3 is 5.97 Å². The summed E-state index contributed by atoms with van der Waals surface area (Å²) in [4.78, 5) is 60.1. The number of primary amides is 1. The van der Waals surface area contributed by atoms with Crippen molar-refractivity contribution in [1.29, 1.82) is 0 Å². The molecule has 0 radical (unpaired) electrons. The van der Waals surface area contributed by atoms with Crippen molar-refractivity contribution in [3.8, 4) is 0 Å². The number of carbonyl (C=O) groups excluding carboxylic acids is 4. The Balaban J connectivity index is 5.28. The van der Waals surface area contributed by atoms with Crippen molar-refractivity contribution in [3.63, 3.8) is 0 Å². The van der Waals surface area contributed by atoms with Crippen LogP contribution in [-0.4, -0.2) is 64.6 Å². The van der Waals surface area contributed by atoms with E-state index in [0.29, 0.717) is 6.42 Å². The number of hydrogen-bond acceptors (Lipinski definition) is 7. The third kappa shape index (κ3) is 11.6. The molecule has 0 saturated heterocycles. The van der Waals surface area contributed by atoms with Gasteiger partial charge in [0.1, 0.15) is 18.1 Å². The highest BCUT2D eigenvalue weighted by molar-refractivity contribution is 7.80. The molecule has 0 aliphatic heterocycles. The fourth-order valence-electron chi connectivity index (χ4n) is 2.74. The number of carbonyl (C=O) groups is 5. The molecule has 178 valence electrons. The molecule has 0 spiro atoms. The van der Waals surface area contributed by atoms with Gasteiger partial charge in [0.25, 0.3) is 0 Å². The largest absolute Gasteiger partial charge is 0.480 e. The molecule has 0 rings (SSSR count). The van der Waals surface area contributed by atoms with Gasteiger partial charge in [-0.15, -0.1) is 0 Å². The molecule has 0 bridgehead atoms. The zero-order chi connectivity index (χ0) is 24.3. The van der Waals surface area contributed by atoms with E-state index in [1.165, 1.54) is 0 Å². The van der Waals surface area contributed by atoms with Crippen LogP contribution in [0, 0.1) is 11.8 Å². The van der Waals surface area contributed by atoms with Gasteiger partial charge in [-0.05, 0) is 24.7 Å². The predicted molar refractivity (Wildman–Crippen MR) is 118 cm³/mol. The van der Waals surface area contributed by atoms with E-state index in [-0.39, 0.29) is 24.0 Å². The van der Waals surface area contributed by atoms with Gasteiger partial charge in [-0.2, -0.15) is 12.6 Å². The normalized spacial score (nSPS) is 15.0. The minimum atomic E-state index is -1.41. The van der Waals surface area contributed by atoms with Crippen molar-refractivity contribution in [2.24, 2.45) is 23.3 Å². The maximum Gasteiger partial charge on any atom is 0.326 e. The molecule has 31 heavy (non-hydrogen) atoms. The van der Waals surface area contributed by atoms with E-state index in [2.05, 4.69) is 28.6 Å². The molecule has 11 nitrogen and oxygen atoms in total. The Morgan fingerprint density at radius 2 is 1.26 bits per heavy atom. The van der Waals surface area contributed by atoms with E-state index in [1.54, 1.807) is 13.8 Å². The molecule has 0 saturated carbocycles. The molecule has 0 fully saturated rings. The summed E-state index contributed by atoms with van der Waals surface area (Å²) in [6, 6.07) is -4.56. The summed E-state index contributed by atoms with van der Waals surface area (Å²) < 4.78 is 0. The third-order valence-electron chi connectivity index (χ3n) is 4.24. The highest BCUT2D eigenvalue weighted by Crippen LogP contribution is 2.07. The van der Waals surface area contributed by atoms with Crippen LogP contribution < -0.4 is 27.4 Å². The maximum absolute atomic E-state index is 12.6. The second-order valence-corrected chi connectivity index (χ2v) is 8.61. The first-order valence-corrected chi connectivity index (χ1v) is 10.7. The first-order valence-electron chi connectivity index (χ1n) is 10.1. The van der Waals surface area contributed by atoms with Crippen molar-refractivity contribution in [3.05, 3.63) is 0 Å². The highest BCUT2D eigenvalue weighted by atomic mass is 32.1. The smallest absolute Gasteiger partial charge is 0.326 e. The molecule has 4 amide bonds. The monoisotopic (exact) mass is 461 g/mol. The summed E-state index contributed by atoms with van der Waals surface area (Å²) in [6.07, 6.45) is 0.0128. The molecule has 4 unspecified atom stereocenters. The zero-order valence-corrected chi connectivity index (χ0v) is 19.3. The molecular weight excluding hydrogens is 426 g/mol. The fraction of sp³-hybridized carbons (Fsp3) is 0.737. The first-order chi connectivity index (χ1) is 14.3. The highest BCUT2D eigenvalue weighted by Gasteiger charge is 2.31. The van der Waals surface area contributed by atoms with Crippen LogP contribution in [0.1, 0.15) is 47.0 Å². The van der Waals surface area contributed by atoms with Crippen LogP contribution in [-0.2, 0) is 24.0 Å². The summed E-state index contributed by atoms with van der Waals surface area (Å²) in [7, 11) is 0. The molecule has 0 aliphatic carbocycles. The van der Waals surface area contributed by atoms with Crippen molar-refractivity contribution in [1.82, 2.24) is 16.0 Å². The summed E-state index contributed by atoms with van der Waals surface area (Å²) in [6.45, 7) is 7.36. The van der Waals surface area contributed by atoms with Crippen LogP contribution in [0.5, 0.6) is 0 Å². The zero-order valence-electron chi connectivity index (χ0n) is 18.4. The fourth-order valence-corrected chi connectivity index (χ4v) is 2.99. The quantitative estimate of drug-likeness (QED) is 0.157. The Labute approximate surface area is 187 Å². The summed E-state index contributed by atoms with van der Waals surface area (Å²) in [5.74, 6) is -4.28. The SMILES string of the molecule is CC(C)CC(N)C(=O)NC(CS)C(=O)NC(CC(N)=O)C(=O)NC(CC(C)C)C(=O)O. The molecule has 4 atom stereocenters. The van der Waals surface area contributed by atoms with E-state index < -0.39 is 60.2 Å². The summed E-state index contributed by atoms with van der Waals surface area (Å²) in [5.41, 5.74) is 11.0. The number of thiol groups is 1. The molecule has 12 heteroatoms. The van der Waals surface area contributed by atoms with Gasteiger partial charge in [0.15, 0.2) is 0 Å². The van der Waals surface area contributed by atoms with Crippen molar-refractivity contribution < 1.29 is 29.1 Å². The second kappa shape index (κ2) is 13.9. The van der Waals surface area contributed by atoms with Gasteiger partial charge in [-0.1, -0.05) is 27.7 Å². The topological polar surface area (TPSA) is 194 Å².